The van der Waals surface area contributed by atoms with E-state index in [1.807, 2.05) is 0 Å². The highest BCUT2D eigenvalue weighted by atomic mass is 79.9. The fraction of sp³-hybridized carbons (Fsp3) is 0.0909. The van der Waals surface area contributed by atoms with E-state index in [1.54, 1.807) is 0 Å². The number of halogens is 3. The molecule has 2 N–H and O–H groups in total. The molecule has 0 atom stereocenters. The predicted octanol–water partition coefficient (Wildman–Crippen LogP) is 2.86. The first-order valence-corrected chi connectivity index (χ1v) is 5.74. The highest BCUT2D eigenvalue weighted by Gasteiger charge is 2.11. The van der Waals surface area contributed by atoms with Gasteiger partial charge in [0.1, 0.15) is 16.1 Å². The maximum absolute atomic E-state index is 13.6. The Balaban J connectivity index is 2.43. The zero-order valence-electron chi connectivity index (χ0n) is 9.22. The molecule has 1 aromatic heterocycles. The lowest BCUT2D eigenvalue weighted by atomic mass is 10.2. The molecular weight excluding hydrogens is 308 g/mol. The second-order valence-corrected chi connectivity index (χ2v) is 4.39. The molecule has 0 bridgehead atoms. The summed E-state index contributed by atoms with van der Waals surface area (Å²) in [6, 6.07) is 2.08. The van der Waals surface area contributed by atoms with Crippen LogP contribution >= 0.6 is 15.9 Å². The number of nitrogens with one attached hydrogen (secondary N) is 2. The molecule has 0 aliphatic rings. The first kappa shape index (κ1) is 12.7. The number of hydrogen-bond donors (Lipinski definition) is 2. The quantitative estimate of drug-likeness (QED) is 0.896. The van der Waals surface area contributed by atoms with Gasteiger partial charge >= 0.3 is 0 Å². The van der Waals surface area contributed by atoms with Gasteiger partial charge in [-0.15, -0.1) is 0 Å². The molecule has 1 aromatic carbocycles. The summed E-state index contributed by atoms with van der Waals surface area (Å²) < 4.78 is 27.0. The monoisotopic (exact) mass is 315 g/mol. The van der Waals surface area contributed by atoms with Gasteiger partial charge in [-0.3, -0.25) is 4.79 Å². The minimum absolute atomic E-state index is 0.0862. The maximum atomic E-state index is 13.6. The third kappa shape index (κ3) is 2.40. The highest BCUT2D eigenvalue weighted by molar-refractivity contribution is 9.10. The van der Waals surface area contributed by atoms with Crippen molar-refractivity contribution in [2.24, 2.45) is 0 Å². The molecular formula is C11H8BrF2N3O. The number of rotatable bonds is 2. The number of benzene rings is 1. The number of H-pyrrole nitrogens is 1. The van der Waals surface area contributed by atoms with E-state index in [4.69, 9.17) is 0 Å². The average molecular weight is 316 g/mol. The molecule has 0 unspecified atom stereocenters. The van der Waals surface area contributed by atoms with Crippen molar-refractivity contribution in [3.05, 3.63) is 50.5 Å². The van der Waals surface area contributed by atoms with E-state index >= 15 is 0 Å². The molecule has 0 radical (unpaired) electrons. The van der Waals surface area contributed by atoms with Gasteiger partial charge in [-0.05, 0) is 34.5 Å². The number of aromatic nitrogens is 2. The third-order valence-electron chi connectivity index (χ3n) is 2.30. The lowest BCUT2D eigenvalue weighted by molar-refractivity contribution is 0.595. The number of hydrogen-bond acceptors (Lipinski definition) is 3. The Bertz CT molecular complexity index is 657. The molecule has 94 valence electrons. The van der Waals surface area contributed by atoms with Crippen molar-refractivity contribution in [3.63, 3.8) is 0 Å². The summed E-state index contributed by atoms with van der Waals surface area (Å²) in [7, 11) is 0. The molecule has 0 aliphatic heterocycles. The molecule has 2 aromatic rings. The topological polar surface area (TPSA) is 57.8 Å². The summed E-state index contributed by atoms with van der Waals surface area (Å²) in [6.45, 7) is 1.46. The van der Waals surface area contributed by atoms with Crippen LogP contribution in [-0.4, -0.2) is 9.97 Å². The van der Waals surface area contributed by atoms with Crippen molar-refractivity contribution in [2.45, 2.75) is 6.92 Å². The van der Waals surface area contributed by atoms with Crippen molar-refractivity contribution in [3.8, 4) is 0 Å². The van der Waals surface area contributed by atoms with E-state index < -0.39 is 17.2 Å². The second kappa shape index (κ2) is 4.85. The van der Waals surface area contributed by atoms with Crippen LogP contribution in [0.2, 0.25) is 0 Å². The lowest BCUT2D eigenvalue weighted by Gasteiger charge is -2.08. The van der Waals surface area contributed by atoms with Crippen molar-refractivity contribution < 1.29 is 8.78 Å². The first-order chi connectivity index (χ1) is 8.49. The third-order valence-corrected chi connectivity index (χ3v) is 3.03. The van der Waals surface area contributed by atoms with E-state index in [2.05, 4.69) is 31.2 Å². The first-order valence-electron chi connectivity index (χ1n) is 4.95. The number of anilines is 2. The van der Waals surface area contributed by atoms with Crippen molar-refractivity contribution >= 4 is 27.4 Å². The van der Waals surface area contributed by atoms with Crippen molar-refractivity contribution in [1.82, 2.24) is 9.97 Å². The van der Waals surface area contributed by atoms with Crippen LogP contribution in [0, 0.1) is 18.6 Å². The maximum Gasteiger partial charge on any atom is 0.267 e. The Morgan fingerprint density at radius 3 is 2.78 bits per heavy atom. The molecule has 0 aliphatic carbocycles. The van der Waals surface area contributed by atoms with Crippen LogP contribution in [0.1, 0.15) is 5.56 Å². The Labute approximate surface area is 109 Å². The minimum atomic E-state index is -0.622. The molecule has 0 saturated heterocycles. The fourth-order valence-electron chi connectivity index (χ4n) is 1.34. The van der Waals surface area contributed by atoms with Crippen LogP contribution in [0.5, 0.6) is 0 Å². The van der Waals surface area contributed by atoms with Gasteiger partial charge in [0, 0.05) is 6.07 Å². The van der Waals surface area contributed by atoms with Crippen LogP contribution in [0.4, 0.5) is 20.3 Å². The standard InChI is InChI=1S/C11H8BrF2N3O/c1-5-2-7(14)8(3-6(5)13)17-10-9(12)11(18)16-4-15-10/h2-4H,1H3,(H2,15,16,17,18). The molecule has 4 nitrogen and oxygen atoms in total. The van der Waals surface area contributed by atoms with Gasteiger partial charge in [0.05, 0.1) is 12.0 Å². The average Bonchev–Trinajstić information content (AvgIpc) is 2.32. The van der Waals surface area contributed by atoms with Gasteiger partial charge in [-0.1, -0.05) is 0 Å². The zero-order chi connectivity index (χ0) is 13.3. The summed E-state index contributed by atoms with van der Waals surface area (Å²) in [6.07, 6.45) is 1.16. The fourth-order valence-corrected chi connectivity index (χ4v) is 1.66. The molecule has 18 heavy (non-hydrogen) atoms. The van der Waals surface area contributed by atoms with E-state index in [1.165, 1.54) is 6.92 Å². The summed E-state index contributed by atoms with van der Waals surface area (Å²) in [5.41, 5.74) is -0.298. The number of aryl methyl sites for hydroxylation is 1. The van der Waals surface area contributed by atoms with Gasteiger partial charge in [0.25, 0.3) is 5.56 Å². The SMILES string of the molecule is Cc1cc(F)c(Nc2nc[nH]c(=O)c2Br)cc1F. The van der Waals surface area contributed by atoms with Crippen LogP contribution in [0.15, 0.2) is 27.7 Å². The summed E-state index contributed by atoms with van der Waals surface area (Å²) in [5, 5.41) is 2.56. The molecule has 2 rings (SSSR count). The number of aromatic amines is 1. The van der Waals surface area contributed by atoms with E-state index in [-0.39, 0.29) is 21.5 Å². The Morgan fingerprint density at radius 1 is 1.33 bits per heavy atom. The normalized spacial score (nSPS) is 10.4. The molecule has 7 heteroatoms. The number of nitrogens with zero attached hydrogens (tertiary/aromatic N) is 1. The van der Waals surface area contributed by atoms with Crippen LogP contribution in [-0.2, 0) is 0 Å². The largest absolute Gasteiger partial charge is 0.337 e. The molecule has 0 spiro atoms. The van der Waals surface area contributed by atoms with Crippen LogP contribution in [0.25, 0.3) is 0 Å². The van der Waals surface area contributed by atoms with Crippen molar-refractivity contribution in [1.29, 1.82) is 0 Å². The van der Waals surface area contributed by atoms with Crippen molar-refractivity contribution in [2.75, 3.05) is 5.32 Å². The Morgan fingerprint density at radius 2 is 2.06 bits per heavy atom. The van der Waals surface area contributed by atoms with Gasteiger partial charge in [0.15, 0.2) is 5.82 Å². The zero-order valence-corrected chi connectivity index (χ0v) is 10.8. The highest BCUT2D eigenvalue weighted by Crippen LogP contribution is 2.24. The smallest absolute Gasteiger partial charge is 0.267 e. The van der Waals surface area contributed by atoms with Gasteiger partial charge < -0.3 is 10.3 Å². The van der Waals surface area contributed by atoms with Gasteiger partial charge in [-0.2, -0.15) is 0 Å². The second-order valence-electron chi connectivity index (χ2n) is 3.60. The van der Waals surface area contributed by atoms with E-state index in [0.29, 0.717) is 0 Å². The summed E-state index contributed by atoms with van der Waals surface area (Å²) >= 11 is 3.01. The Kier molecular flexibility index (Phi) is 3.42. The minimum Gasteiger partial charge on any atom is -0.337 e. The Hall–Kier alpha value is -1.76. The molecule has 0 fully saturated rings. The molecule has 0 saturated carbocycles. The van der Waals surface area contributed by atoms with Gasteiger partial charge in [-0.25, -0.2) is 13.8 Å². The summed E-state index contributed by atoms with van der Waals surface area (Å²) in [5.74, 6) is -1.05. The van der Waals surface area contributed by atoms with Crippen LogP contribution in [0.3, 0.4) is 0 Å². The molecule has 0 amide bonds. The lowest BCUT2D eigenvalue weighted by Crippen LogP contribution is -2.10. The molecule has 1 heterocycles. The predicted molar refractivity (Wildman–Crippen MR) is 66.9 cm³/mol. The van der Waals surface area contributed by atoms with Gasteiger partial charge in [0.2, 0.25) is 0 Å². The van der Waals surface area contributed by atoms with E-state index in [9.17, 15) is 13.6 Å². The van der Waals surface area contributed by atoms with Crippen LogP contribution < -0.4 is 10.9 Å². The summed E-state index contributed by atoms with van der Waals surface area (Å²) in [4.78, 5) is 17.5. The van der Waals surface area contributed by atoms with E-state index in [0.717, 1.165) is 18.5 Å².